The summed E-state index contributed by atoms with van der Waals surface area (Å²) in [6.45, 7) is 0. The SMILES string of the molecule is COc1c[c]cc(-c2ccc(-c3nnn[nH]3)cc2)n1. The first-order chi connectivity index (χ1) is 9.36. The molecule has 0 aliphatic carbocycles. The van der Waals surface area contributed by atoms with E-state index in [0.717, 1.165) is 16.8 Å². The van der Waals surface area contributed by atoms with E-state index in [1.807, 2.05) is 30.3 Å². The molecule has 2 heterocycles. The van der Waals surface area contributed by atoms with Gasteiger partial charge >= 0.3 is 0 Å². The topological polar surface area (TPSA) is 76.6 Å². The van der Waals surface area contributed by atoms with Crippen molar-refractivity contribution in [2.24, 2.45) is 0 Å². The third-order valence-electron chi connectivity index (χ3n) is 2.67. The Balaban J connectivity index is 1.94. The summed E-state index contributed by atoms with van der Waals surface area (Å²) in [4.78, 5) is 4.35. The van der Waals surface area contributed by atoms with E-state index in [2.05, 4.69) is 31.7 Å². The van der Waals surface area contributed by atoms with Crippen molar-refractivity contribution in [2.75, 3.05) is 7.11 Å². The average molecular weight is 252 g/mol. The molecule has 0 spiro atoms. The summed E-state index contributed by atoms with van der Waals surface area (Å²) >= 11 is 0. The number of nitrogens with one attached hydrogen (secondary N) is 1. The Hall–Kier alpha value is -2.76. The maximum Gasteiger partial charge on any atom is 0.214 e. The minimum absolute atomic E-state index is 0.543. The fourth-order valence-corrected chi connectivity index (χ4v) is 1.71. The molecule has 93 valence electrons. The Bertz CT molecular complexity index is 664. The van der Waals surface area contributed by atoms with Gasteiger partial charge in [0.1, 0.15) is 0 Å². The number of ether oxygens (including phenoxy) is 1. The van der Waals surface area contributed by atoms with E-state index in [0.29, 0.717) is 11.7 Å². The van der Waals surface area contributed by atoms with Gasteiger partial charge < -0.3 is 4.74 Å². The summed E-state index contributed by atoms with van der Waals surface area (Å²) in [6.07, 6.45) is 0. The van der Waals surface area contributed by atoms with Crippen molar-refractivity contribution in [3.63, 3.8) is 0 Å². The van der Waals surface area contributed by atoms with Crippen LogP contribution >= 0.6 is 0 Å². The van der Waals surface area contributed by atoms with Crippen LogP contribution in [-0.2, 0) is 0 Å². The van der Waals surface area contributed by atoms with Gasteiger partial charge in [-0.25, -0.2) is 10.1 Å². The van der Waals surface area contributed by atoms with Gasteiger partial charge in [0.15, 0.2) is 5.82 Å². The van der Waals surface area contributed by atoms with Gasteiger partial charge in [0.2, 0.25) is 5.88 Å². The van der Waals surface area contributed by atoms with Crippen LogP contribution in [0, 0.1) is 6.07 Å². The zero-order chi connectivity index (χ0) is 13.1. The minimum atomic E-state index is 0.543. The predicted octanol–water partition coefficient (Wildman–Crippen LogP) is 1.74. The van der Waals surface area contributed by atoms with Crippen LogP contribution in [-0.4, -0.2) is 32.7 Å². The van der Waals surface area contributed by atoms with Crippen LogP contribution in [0.4, 0.5) is 0 Å². The van der Waals surface area contributed by atoms with Crippen LogP contribution in [0.1, 0.15) is 0 Å². The molecule has 2 aromatic heterocycles. The van der Waals surface area contributed by atoms with E-state index in [9.17, 15) is 0 Å². The molecule has 0 aliphatic rings. The van der Waals surface area contributed by atoms with Gasteiger partial charge in [-0.1, -0.05) is 24.3 Å². The lowest BCUT2D eigenvalue weighted by atomic mass is 10.1. The highest BCUT2D eigenvalue weighted by molar-refractivity contribution is 5.64. The molecule has 0 unspecified atom stereocenters. The molecule has 3 aromatic rings. The van der Waals surface area contributed by atoms with Crippen LogP contribution in [0.3, 0.4) is 0 Å². The van der Waals surface area contributed by atoms with Gasteiger partial charge in [0.25, 0.3) is 0 Å². The molecule has 3 rings (SSSR count). The number of rotatable bonds is 3. The Morgan fingerprint density at radius 3 is 2.58 bits per heavy atom. The smallest absolute Gasteiger partial charge is 0.214 e. The Labute approximate surface area is 109 Å². The number of benzene rings is 1. The maximum atomic E-state index is 5.09. The molecule has 1 radical (unpaired) electrons. The number of hydrogen-bond donors (Lipinski definition) is 1. The molecular formula is C13H10N5O. The van der Waals surface area contributed by atoms with E-state index in [4.69, 9.17) is 4.74 Å². The normalized spacial score (nSPS) is 10.4. The third-order valence-corrected chi connectivity index (χ3v) is 2.67. The van der Waals surface area contributed by atoms with E-state index >= 15 is 0 Å². The molecule has 0 aliphatic heterocycles. The summed E-state index contributed by atoms with van der Waals surface area (Å²) < 4.78 is 5.09. The van der Waals surface area contributed by atoms with Gasteiger partial charge in [-0.05, 0) is 22.6 Å². The highest BCUT2D eigenvalue weighted by atomic mass is 16.5. The highest BCUT2D eigenvalue weighted by Gasteiger charge is 2.04. The number of H-pyrrole nitrogens is 1. The summed E-state index contributed by atoms with van der Waals surface area (Å²) in [7, 11) is 1.58. The summed E-state index contributed by atoms with van der Waals surface area (Å²) in [5.74, 6) is 1.18. The lowest BCUT2D eigenvalue weighted by molar-refractivity contribution is 0.398. The number of tetrazole rings is 1. The molecule has 19 heavy (non-hydrogen) atoms. The van der Waals surface area contributed by atoms with Gasteiger partial charge in [-0.3, -0.25) is 0 Å². The largest absolute Gasteiger partial charge is 0.481 e. The predicted molar refractivity (Wildman–Crippen MR) is 68.2 cm³/mol. The second-order valence-electron chi connectivity index (χ2n) is 3.82. The van der Waals surface area contributed by atoms with Crippen molar-refractivity contribution in [2.45, 2.75) is 0 Å². The zero-order valence-corrected chi connectivity index (χ0v) is 10.2. The molecule has 1 N–H and O–H groups in total. The molecule has 1 aromatic carbocycles. The highest BCUT2D eigenvalue weighted by Crippen LogP contribution is 2.22. The lowest BCUT2D eigenvalue weighted by Crippen LogP contribution is -1.90. The number of hydrogen-bond acceptors (Lipinski definition) is 5. The van der Waals surface area contributed by atoms with Crippen molar-refractivity contribution in [3.05, 3.63) is 42.5 Å². The Kier molecular flexibility index (Phi) is 2.89. The number of pyridine rings is 1. The minimum Gasteiger partial charge on any atom is -0.481 e. The van der Waals surface area contributed by atoms with Crippen molar-refractivity contribution >= 4 is 0 Å². The lowest BCUT2D eigenvalue weighted by Gasteiger charge is -2.04. The van der Waals surface area contributed by atoms with Crippen molar-refractivity contribution in [1.82, 2.24) is 25.6 Å². The molecule has 6 nitrogen and oxygen atoms in total. The first kappa shape index (κ1) is 11.3. The van der Waals surface area contributed by atoms with Crippen molar-refractivity contribution in [1.29, 1.82) is 0 Å². The third kappa shape index (κ3) is 2.28. The molecule has 0 saturated carbocycles. The van der Waals surface area contributed by atoms with E-state index in [-0.39, 0.29) is 0 Å². The number of methoxy groups -OCH3 is 1. The van der Waals surface area contributed by atoms with Gasteiger partial charge in [-0.15, -0.1) is 5.10 Å². The summed E-state index contributed by atoms with van der Waals surface area (Å²) in [6, 6.07) is 14.3. The molecule has 0 fully saturated rings. The van der Waals surface area contributed by atoms with Crippen LogP contribution in [0.2, 0.25) is 0 Å². The maximum absolute atomic E-state index is 5.09. The zero-order valence-electron chi connectivity index (χ0n) is 10.2. The fourth-order valence-electron chi connectivity index (χ4n) is 1.71. The molecule has 6 heteroatoms. The number of aromatic amines is 1. The monoisotopic (exact) mass is 252 g/mol. The summed E-state index contributed by atoms with van der Waals surface area (Å²) in [5, 5.41) is 13.7. The van der Waals surface area contributed by atoms with E-state index in [1.165, 1.54) is 0 Å². The second-order valence-corrected chi connectivity index (χ2v) is 3.82. The quantitative estimate of drug-likeness (QED) is 0.768. The fraction of sp³-hybridized carbons (Fsp3) is 0.0769. The van der Waals surface area contributed by atoms with E-state index < -0.39 is 0 Å². The van der Waals surface area contributed by atoms with Crippen LogP contribution in [0.25, 0.3) is 22.6 Å². The molecule has 0 saturated heterocycles. The van der Waals surface area contributed by atoms with E-state index in [1.54, 1.807) is 13.2 Å². The standard InChI is InChI=1S/C13H10N5O/c1-19-12-4-2-3-11(14-12)9-5-7-10(8-6-9)13-15-17-18-16-13/h3-8H,1H3,(H,15,16,17,18). The van der Waals surface area contributed by atoms with Crippen molar-refractivity contribution < 1.29 is 4.74 Å². The Morgan fingerprint density at radius 2 is 1.89 bits per heavy atom. The van der Waals surface area contributed by atoms with Crippen molar-refractivity contribution in [3.8, 4) is 28.5 Å². The summed E-state index contributed by atoms with van der Waals surface area (Å²) in [5.41, 5.74) is 2.70. The molecule has 0 bridgehead atoms. The van der Waals surface area contributed by atoms with Crippen LogP contribution in [0.15, 0.2) is 36.4 Å². The van der Waals surface area contributed by atoms with Gasteiger partial charge in [-0.2, -0.15) is 0 Å². The van der Waals surface area contributed by atoms with Crippen LogP contribution in [0.5, 0.6) is 5.88 Å². The number of aromatic nitrogens is 5. The average Bonchev–Trinajstić information content (AvgIpc) is 3.02. The van der Waals surface area contributed by atoms with Gasteiger partial charge in [0, 0.05) is 17.2 Å². The van der Waals surface area contributed by atoms with Gasteiger partial charge in [0.05, 0.1) is 12.8 Å². The second kappa shape index (κ2) is 4.85. The Morgan fingerprint density at radius 1 is 1.11 bits per heavy atom. The first-order valence-corrected chi connectivity index (χ1v) is 5.63. The van der Waals surface area contributed by atoms with Crippen LogP contribution < -0.4 is 4.74 Å². The molecule has 0 amide bonds. The molecule has 0 atom stereocenters. The first-order valence-electron chi connectivity index (χ1n) is 5.63. The number of nitrogens with zero attached hydrogens (tertiary/aromatic N) is 4. The molecular weight excluding hydrogens is 242 g/mol.